The van der Waals surface area contributed by atoms with Crippen molar-refractivity contribution in [2.75, 3.05) is 27.3 Å². The van der Waals surface area contributed by atoms with Gasteiger partial charge in [-0.05, 0) is 26.1 Å². The molecule has 1 rings (SSSR count). The lowest BCUT2D eigenvalue weighted by atomic mass is 10.3. The zero-order valence-electron chi connectivity index (χ0n) is 9.49. The van der Waals surface area contributed by atoms with Crippen LogP contribution in [0.1, 0.15) is 5.69 Å². The van der Waals surface area contributed by atoms with Crippen molar-refractivity contribution in [2.45, 2.75) is 13.0 Å². The van der Waals surface area contributed by atoms with Crippen LogP contribution < -0.4 is 10.1 Å². The van der Waals surface area contributed by atoms with Crippen molar-refractivity contribution in [1.29, 1.82) is 0 Å². The molecule has 0 saturated heterocycles. The molecule has 0 aliphatic heterocycles. The van der Waals surface area contributed by atoms with Gasteiger partial charge < -0.3 is 14.8 Å². The number of methoxy groups -OCH3 is 1. The van der Waals surface area contributed by atoms with Gasteiger partial charge in [-0.2, -0.15) is 0 Å². The number of rotatable bonds is 6. The van der Waals surface area contributed by atoms with Crippen molar-refractivity contribution in [2.24, 2.45) is 0 Å². The minimum atomic E-state index is 0.0181. The Morgan fingerprint density at radius 2 is 2.27 bits per heavy atom. The number of aromatic nitrogens is 1. The highest BCUT2D eigenvalue weighted by Crippen LogP contribution is 2.10. The molecule has 0 fully saturated rings. The Labute approximate surface area is 90.6 Å². The van der Waals surface area contributed by atoms with Crippen molar-refractivity contribution in [3.05, 3.63) is 24.0 Å². The summed E-state index contributed by atoms with van der Waals surface area (Å²) in [4.78, 5) is 4.17. The van der Waals surface area contributed by atoms with Crippen LogP contribution in [0.15, 0.2) is 18.3 Å². The van der Waals surface area contributed by atoms with Crippen molar-refractivity contribution in [1.82, 2.24) is 10.3 Å². The van der Waals surface area contributed by atoms with E-state index < -0.39 is 0 Å². The lowest BCUT2D eigenvalue weighted by molar-refractivity contribution is 0.0816. The number of pyridine rings is 1. The lowest BCUT2D eigenvalue weighted by Gasteiger charge is -2.17. The molecule has 4 heteroatoms. The van der Waals surface area contributed by atoms with E-state index in [0.29, 0.717) is 6.61 Å². The third-order valence-electron chi connectivity index (χ3n) is 1.97. The summed E-state index contributed by atoms with van der Waals surface area (Å²) in [5.41, 5.74) is 0.985. The van der Waals surface area contributed by atoms with Crippen molar-refractivity contribution in [3.63, 3.8) is 0 Å². The molecule has 0 aliphatic carbocycles. The standard InChI is InChI=1S/C11H18N2O2/c1-9-4-5-10(7-13-9)15-11(6-12-2)8-14-3/h4-5,7,11-12H,6,8H2,1-3H3. The van der Waals surface area contributed by atoms with Crippen LogP contribution in [0.25, 0.3) is 0 Å². The van der Waals surface area contributed by atoms with E-state index in [1.165, 1.54) is 0 Å². The van der Waals surface area contributed by atoms with Crippen molar-refractivity contribution >= 4 is 0 Å². The first-order chi connectivity index (χ1) is 7.26. The molecule has 4 nitrogen and oxygen atoms in total. The molecule has 0 bridgehead atoms. The molecule has 1 aromatic heterocycles. The maximum Gasteiger partial charge on any atom is 0.138 e. The van der Waals surface area contributed by atoms with Crippen molar-refractivity contribution in [3.8, 4) is 5.75 Å². The number of hydrogen-bond donors (Lipinski definition) is 1. The molecule has 1 atom stereocenters. The molecule has 0 spiro atoms. The summed E-state index contributed by atoms with van der Waals surface area (Å²) in [7, 11) is 3.55. The fourth-order valence-corrected chi connectivity index (χ4v) is 1.26. The Hall–Kier alpha value is -1.13. The molecule has 0 aromatic carbocycles. The fourth-order valence-electron chi connectivity index (χ4n) is 1.26. The first kappa shape index (κ1) is 11.9. The number of ether oxygens (including phenoxy) is 2. The van der Waals surface area contributed by atoms with Crippen LogP contribution in [0, 0.1) is 6.92 Å². The highest BCUT2D eigenvalue weighted by atomic mass is 16.5. The molecule has 0 saturated carbocycles. The van der Waals surface area contributed by atoms with Gasteiger partial charge in [0.2, 0.25) is 0 Å². The van der Waals surface area contributed by atoms with Gasteiger partial charge in [0, 0.05) is 19.3 Å². The summed E-state index contributed by atoms with van der Waals surface area (Å²) in [6.45, 7) is 3.26. The lowest BCUT2D eigenvalue weighted by Crippen LogP contribution is -2.33. The smallest absolute Gasteiger partial charge is 0.138 e. The maximum absolute atomic E-state index is 5.70. The molecule has 15 heavy (non-hydrogen) atoms. The Balaban J connectivity index is 2.53. The van der Waals surface area contributed by atoms with Gasteiger partial charge in [0.1, 0.15) is 11.9 Å². The molecule has 1 aromatic rings. The Morgan fingerprint density at radius 3 is 2.80 bits per heavy atom. The summed E-state index contributed by atoms with van der Waals surface area (Å²) < 4.78 is 10.8. The van der Waals surface area contributed by atoms with Gasteiger partial charge in [0.25, 0.3) is 0 Å². The van der Waals surface area contributed by atoms with Gasteiger partial charge in [0.05, 0.1) is 12.8 Å². The van der Waals surface area contributed by atoms with Crippen LogP contribution in [-0.4, -0.2) is 38.4 Å². The van der Waals surface area contributed by atoms with Gasteiger partial charge in [-0.3, -0.25) is 4.98 Å². The van der Waals surface area contributed by atoms with E-state index in [-0.39, 0.29) is 6.10 Å². The second-order valence-corrected chi connectivity index (χ2v) is 3.39. The van der Waals surface area contributed by atoms with E-state index in [1.807, 2.05) is 26.1 Å². The average Bonchev–Trinajstić information content (AvgIpc) is 2.22. The predicted molar refractivity (Wildman–Crippen MR) is 59.2 cm³/mol. The Bertz CT molecular complexity index is 268. The van der Waals surface area contributed by atoms with E-state index in [2.05, 4.69) is 10.3 Å². The Morgan fingerprint density at radius 1 is 1.47 bits per heavy atom. The summed E-state index contributed by atoms with van der Waals surface area (Å²) >= 11 is 0. The summed E-state index contributed by atoms with van der Waals surface area (Å²) in [6.07, 6.45) is 1.75. The molecular weight excluding hydrogens is 192 g/mol. The number of nitrogens with one attached hydrogen (secondary N) is 1. The molecular formula is C11H18N2O2. The van der Waals surface area contributed by atoms with Crippen LogP contribution >= 0.6 is 0 Å². The van der Waals surface area contributed by atoms with Crippen molar-refractivity contribution < 1.29 is 9.47 Å². The van der Waals surface area contributed by atoms with Crippen LogP contribution in [0.5, 0.6) is 5.75 Å². The summed E-state index contributed by atoms with van der Waals surface area (Å²) in [5.74, 6) is 0.776. The van der Waals surface area contributed by atoms with E-state index in [4.69, 9.17) is 9.47 Å². The van der Waals surface area contributed by atoms with Gasteiger partial charge >= 0.3 is 0 Å². The monoisotopic (exact) mass is 210 g/mol. The molecule has 0 radical (unpaired) electrons. The summed E-state index contributed by atoms with van der Waals surface area (Å²) in [6, 6.07) is 3.85. The third kappa shape index (κ3) is 4.27. The molecule has 0 aliphatic rings. The fraction of sp³-hybridized carbons (Fsp3) is 0.545. The predicted octanol–water partition coefficient (Wildman–Crippen LogP) is 1.00. The highest BCUT2D eigenvalue weighted by molar-refractivity contribution is 5.19. The third-order valence-corrected chi connectivity index (χ3v) is 1.97. The van der Waals surface area contributed by atoms with Crippen LogP contribution in [0.4, 0.5) is 0 Å². The topological polar surface area (TPSA) is 43.4 Å². The first-order valence-electron chi connectivity index (χ1n) is 4.99. The van der Waals surface area contributed by atoms with E-state index in [1.54, 1.807) is 13.3 Å². The number of hydrogen-bond acceptors (Lipinski definition) is 4. The van der Waals surface area contributed by atoms with Gasteiger partial charge in [-0.15, -0.1) is 0 Å². The maximum atomic E-state index is 5.70. The minimum Gasteiger partial charge on any atom is -0.485 e. The SMILES string of the molecule is CNCC(COC)Oc1ccc(C)nc1. The highest BCUT2D eigenvalue weighted by Gasteiger charge is 2.08. The normalized spacial score (nSPS) is 12.5. The van der Waals surface area contributed by atoms with Gasteiger partial charge in [-0.1, -0.05) is 0 Å². The van der Waals surface area contributed by atoms with Gasteiger partial charge in [0.15, 0.2) is 0 Å². The minimum absolute atomic E-state index is 0.0181. The molecule has 84 valence electrons. The average molecular weight is 210 g/mol. The number of nitrogens with zero attached hydrogens (tertiary/aromatic N) is 1. The number of likely N-dealkylation sites (N-methyl/N-ethyl adjacent to an activating group) is 1. The molecule has 1 unspecified atom stereocenters. The zero-order valence-corrected chi connectivity index (χ0v) is 9.49. The van der Waals surface area contributed by atoms with Gasteiger partial charge in [-0.25, -0.2) is 0 Å². The van der Waals surface area contributed by atoms with E-state index in [0.717, 1.165) is 18.0 Å². The largest absolute Gasteiger partial charge is 0.485 e. The molecule has 1 heterocycles. The zero-order chi connectivity index (χ0) is 11.1. The van der Waals surface area contributed by atoms with Crippen LogP contribution in [-0.2, 0) is 4.74 Å². The second-order valence-electron chi connectivity index (χ2n) is 3.39. The first-order valence-corrected chi connectivity index (χ1v) is 4.99. The van der Waals surface area contributed by atoms with E-state index in [9.17, 15) is 0 Å². The second kappa shape index (κ2) is 6.37. The van der Waals surface area contributed by atoms with E-state index >= 15 is 0 Å². The Kier molecular flexibility index (Phi) is 5.07. The summed E-state index contributed by atoms with van der Waals surface area (Å²) in [5, 5.41) is 3.06. The quantitative estimate of drug-likeness (QED) is 0.761. The van der Waals surface area contributed by atoms with Crippen LogP contribution in [0.3, 0.4) is 0 Å². The number of aryl methyl sites for hydroxylation is 1. The van der Waals surface area contributed by atoms with Crippen LogP contribution in [0.2, 0.25) is 0 Å². The molecule has 0 amide bonds. The molecule has 1 N–H and O–H groups in total.